The molecule has 0 aromatic carbocycles. The highest BCUT2D eigenvalue weighted by molar-refractivity contribution is 7.16. The Morgan fingerprint density at radius 1 is 1.00 bits per heavy atom. The summed E-state index contributed by atoms with van der Waals surface area (Å²) >= 11 is 0. The highest BCUT2D eigenvalue weighted by atomic mass is 31.0. The van der Waals surface area contributed by atoms with Crippen molar-refractivity contribution >= 4 is 9.24 Å². The van der Waals surface area contributed by atoms with E-state index < -0.39 is 0 Å². The molecule has 0 amide bonds. The SMILES string of the molecule is PCN1CN2CCCN(C1)C2. The Bertz CT molecular complexity index is 130. The van der Waals surface area contributed by atoms with Gasteiger partial charge in [0, 0.05) is 19.4 Å². The molecule has 0 N–H and O–H groups in total. The lowest BCUT2D eigenvalue weighted by molar-refractivity contribution is -0.0466. The molecule has 0 aliphatic carbocycles. The van der Waals surface area contributed by atoms with E-state index in [1.165, 1.54) is 39.5 Å². The molecule has 3 atom stereocenters. The van der Waals surface area contributed by atoms with Crippen LogP contribution in [0, 0.1) is 0 Å². The van der Waals surface area contributed by atoms with Gasteiger partial charge in [-0.3, -0.25) is 14.7 Å². The molecular weight excluding hydrogens is 157 g/mol. The molecule has 2 saturated heterocycles. The molecule has 64 valence electrons. The van der Waals surface area contributed by atoms with Crippen LogP contribution in [0.1, 0.15) is 6.42 Å². The topological polar surface area (TPSA) is 9.72 Å². The van der Waals surface area contributed by atoms with Crippen molar-refractivity contribution in [1.82, 2.24) is 14.7 Å². The minimum atomic E-state index is 1.10. The van der Waals surface area contributed by atoms with E-state index >= 15 is 0 Å². The Kier molecular flexibility index (Phi) is 2.42. The van der Waals surface area contributed by atoms with Gasteiger partial charge in [-0.1, -0.05) is 0 Å². The molecule has 2 aliphatic rings. The standard InChI is InChI=1S/C7H16N3P/c11-7-10-5-8-2-1-3-9(4-8)6-10/h1-7,11H2. The van der Waals surface area contributed by atoms with Crippen LogP contribution in [0.25, 0.3) is 0 Å². The smallest absolute Gasteiger partial charge is 0.0533 e. The van der Waals surface area contributed by atoms with E-state index in [0.717, 1.165) is 6.29 Å². The zero-order valence-corrected chi connectivity index (χ0v) is 8.02. The molecule has 2 rings (SSSR count). The number of hydrogen-bond acceptors (Lipinski definition) is 3. The van der Waals surface area contributed by atoms with Gasteiger partial charge in [-0.05, 0) is 6.42 Å². The monoisotopic (exact) mass is 173 g/mol. The maximum atomic E-state index is 2.80. The summed E-state index contributed by atoms with van der Waals surface area (Å²) in [4.78, 5) is 7.47. The van der Waals surface area contributed by atoms with Crippen LogP contribution in [-0.4, -0.2) is 54.1 Å². The lowest BCUT2D eigenvalue weighted by atomic mass is 10.3. The predicted molar refractivity (Wildman–Crippen MR) is 49.0 cm³/mol. The van der Waals surface area contributed by atoms with Crippen molar-refractivity contribution in [1.29, 1.82) is 0 Å². The summed E-state index contributed by atoms with van der Waals surface area (Å²) in [7, 11) is 2.80. The molecule has 2 aliphatic heterocycles. The van der Waals surface area contributed by atoms with Gasteiger partial charge in [0.05, 0.1) is 20.0 Å². The van der Waals surface area contributed by atoms with Crippen molar-refractivity contribution in [3.8, 4) is 0 Å². The van der Waals surface area contributed by atoms with E-state index in [4.69, 9.17) is 0 Å². The predicted octanol–water partition coefficient (Wildman–Crippen LogP) is 0.0148. The van der Waals surface area contributed by atoms with Crippen molar-refractivity contribution in [2.45, 2.75) is 6.42 Å². The molecule has 4 heteroatoms. The van der Waals surface area contributed by atoms with Crippen LogP contribution < -0.4 is 0 Å². The summed E-state index contributed by atoms with van der Waals surface area (Å²) in [6, 6.07) is 0. The highest BCUT2D eigenvalue weighted by Crippen LogP contribution is 2.13. The quantitative estimate of drug-likeness (QED) is 0.517. The van der Waals surface area contributed by atoms with Gasteiger partial charge in [0.1, 0.15) is 0 Å². The third kappa shape index (κ3) is 1.73. The molecular formula is C7H16N3P. The van der Waals surface area contributed by atoms with E-state index in [1.807, 2.05) is 0 Å². The van der Waals surface area contributed by atoms with Crippen molar-refractivity contribution < 1.29 is 0 Å². The zero-order chi connectivity index (χ0) is 7.68. The molecule has 2 bridgehead atoms. The third-order valence-corrected chi connectivity index (χ3v) is 2.92. The first kappa shape index (κ1) is 7.93. The van der Waals surface area contributed by atoms with Crippen LogP contribution in [0.15, 0.2) is 0 Å². The Hall–Kier alpha value is 0.310. The van der Waals surface area contributed by atoms with Gasteiger partial charge in [-0.25, -0.2) is 0 Å². The molecule has 3 unspecified atom stereocenters. The van der Waals surface area contributed by atoms with Crippen LogP contribution >= 0.6 is 9.24 Å². The van der Waals surface area contributed by atoms with Crippen molar-refractivity contribution in [3.63, 3.8) is 0 Å². The number of rotatable bonds is 1. The number of nitrogens with zero attached hydrogens (tertiary/aromatic N) is 3. The van der Waals surface area contributed by atoms with Crippen molar-refractivity contribution in [3.05, 3.63) is 0 Å². The Balaban J connectivity index is 1.94. The molecule has 2 fully saturated rings. The molecule has 0 radical (unpaired) electrons. The second-order valence-electron chi connectivity index (χ2n) is 3.42. The van der Waals surface area contributed by atoms with E-state index in [1.54, 1.807) is 0 Å². The first-order chi connectivity index (χ1) is 5.38. The Morgan fingerprint density at radius 3 is 2.18 bits per heavy atom. The largest absolute Gasteiger partial charge is 0.277 e. The van der Waals surface area contributed by atoms with E-state index in [-0.39, 0.29) is 0 Å². The van der Waals surface area contributed by atoms with Gasteiger partial charge < -0.3 is 0 Å². The summed E-state index contributed by atoms with van der Waals surface area (Å²) in [5.74, 6) is 0. The lowest BCUT2D eigenvalue weighted by Gasteiger charge is -2.45. The summed E-state index contributed by atoms with van der Waals surface area (Å²) in [5.41, 5.74) is 0. The van der Waals surface area contributed by atoms with Crippen LogP contribution in [0.3, 0.4) is 0 Å². The molecule has 0 aromatic heterocycles. The van der Waals surface area contributed by atoms with Crippen LogP contribution in [0.2, 0.25) is 0 Å². The van der Waals surface area contributed by atoms with Gasteiger partial charge in [0.15, 0.2) is 0 Å². The normalized spacial score (nSPS) is 39.0. The van der Waals surface area contributed by atoms with Crippen LogP contribution in [0.5, 0.6) is 0 Å². The van der Waals surface area contributed by atoms with Crippen molar-refractivity contribution in [2.75, 3.05) is 39.4 Å². The first-order valence-electron chi connectivity index (χ1n) is 4.25. The highest BCUT2D eigenvalue weighted by Gasteiger charge is 2.24. The number of hydrogen-bond donors (Lipinski definition) is 0. The Labute approximate surface area is 70.5 Å². The average molecular weight is 173 g/mol. The minimum absolute atomic E-state index is 1.10. The minimum Gasteiger partial charge on any atom is -0.277 e. The maximum Gasteiger partial charge on any atom is 0.0533 e. The van der Waals surface area contributed by atoms with E-state index in [2.05, 4.69) is 23.9 Å². The summed E-state index contributed by atoms with van der Waals surface area (Å²) < 4.78 is 0. The zero-order valence-electron chi connectivity index (χ0n) is 6.87. The number of fused-ring (bicyclic) bond motifs is 2. The second kappa shape index (κ2) is 3.36. The average Bonchev–Trinajstić information content (AvgIpc) is 2.03. The molecule has 0 saturated carbocycles. The van der Waals surface area contributed by atoms with Gasteiger partial charge in [-0.2, -0.15) is 0 Å². The fraction of sp³-hybridized carbons (Fsp3) is 1.00. The summed E-state index contributed by atoms with van der Waals surface area (Å²) in [6.45, 7) is 6.11. The van der Waals surface area contributed by atoms with Gasteiger partial charge in [0.2, 0.25) is 0 Å². The van der Waals surface area contributed by atoms with E-state index in [0.29, 0.717) is 0 Å². The summed E-state index contributed by atoms with van der Waals surface area (Å²) in [6.07, 6.45) is 2.46. The molecule has 11 heavy (non-hydrogen) atoms. The van der Waals surface area contributed by atoms with Crippen molar-refractivity contribution in [2.24, 2.45) is 0 Å². The maximum absolute atomic E-state index is 2.80. The molecule has 0 spiro atoms. The molecule has 0 aromatic rings. The van der Waals surface area contributed by atoms with Crippen LogP contribution in [-0.2, 0) is 0 Å². The third-order valence-electron chi connectivity index (χ3n) is 2.41. The van der Waals surface area contributed by atoms with Gasteiger partial charge in [-0.15, -0.1) is 9.24 Å². The van der Waals surface area contributed by atoms with Gasteiger partial charge >= 0.3 is 0 Å². The van der Waals surface area contributed by atoms with Crippen LogP contribution in [0.4, 0.5) is 0 Å². The Morgan fingerprint density at radius 2 is 1.64 bits per heavy atom. The second-order valence-corrected chi connectivity index (χ2v) is 3.79. The molecule has 3 nitrogen and oxygen atoms in total. The first-order valence-corrected chi connectivity index (χ1v) is 5.07. The summed E-state index contributed by atoms with van der Waals surface area (Å²) in [5, 5.41) is 0. The van der Waals surface area contributed by atoms with Gasteiger partial charge in [0.25, 0.3) is 0 Å². The lowest BCUT2D eigenvalue weighted by Crippen LogP contribution is -2.57. The fourth-order valence-corrected chi connectivity index (χ4v) is 2.13. The fourth-order valence-electron chi connectivity index (χ4n) is 1.90. The van der Waals surface area contributed by atoms with E-state index in [9.17, 15) is 0 Å². The molecule has 2 heterocycles.